The van der Waals surface area contributed by atoms with Crippen molar-refractivity contribution in [2.75, 3.05) is 30.8 Å². The van der Waals surface area contributed by atoms with Gasteiger partial charge in [-0.05, 0) is 56.2 Å². The molecule has 1 aliphatic carbocycles. The Kier molecular flexibility index (Phi) is 5.84. The number of aliphatic hydroxyl groups is 1. The van der Waals surface area contributed by atoms with Gasteiger partial charge in [0.1, 0.15) is 23.4 Å². The number of nitrogens with one attached hydrogen (secondary N) is 1. The Balaban J connectivity index is 1.19. The van der Waals surface area contributed by atoms with Gasteiger partial charge in [-0.3, -0.25) is 4.98 Å². The minimum atomic E-state index is -3.44. The van der Waals surface area contributed by atoms with Gasteiger partial charge in [-0.15, -0.1) is 0 Å². The Morgan fingerprint density at radius 3 is 2.76 bits per heavy atom. The number of hydrogen-bond acceptors (Lipinski definition) is 7. The van der Waals surface area contributed by atoms with Crippen LogP contribution in [0.3, 0.4) is 0 Å². The summed E-state index contributed by atoms with van der Waals surface area (Å²) in [5, 5.41) is 12.0. The van der Waals surface area contributed by atoms with Gasteiger partial charge in [0.2, 0.25) is 10.0 Å². The summed E-state index contributed by atoms with van der Waals surface area (Å²) in [5.41, 5.74) is 0.144. The second-order valence-corrected chi connectivity index (χ2v) is 11.3. The molecule has 2 N–H and O–H groups in total. The minimum Gasteiger partial charge on any atom is -0.382 e. The molecule has 3 aromatic rings. The molecule has 2 aliphatic rings. The Morgan fingerprint density at radius 2 is 2.00 bits per heavy atom. The SMILES string of the molecule is CN(c1ncnc2[nH]ccc12)[C@H]1CC[C@H](CS(=O)(=O)N2CC[C@](O)(c3ccccn3)C2)CC1. The molecule has 0 radical (unpaired) electrons. The third-order valence-corrected chi connectivity index (χ3v) is 9.22. The molecule has 3 aromatic heterocycles. The first kappa shape index (κ1) is 22.2. The molecule has 5 rings (SSSR count). The third-order valence-electron chi connectivity index (χ3n) is 7.23. The monoisotopic (exact) mass is 470 g/mol. The molecule has 33 heavy (non-hydrogen) atoms. The number of hydrogen-bond donors (Lipinski definition) is 2. The number of β-amino-alcohol motifs (C(OH)–C–C–N with tert-alkyl or cyclic N) is 1. The van der Waals surface area contributed by atoms with Crippen LogP contribution in [-0.2, 0) is 15.6 Å². The lowest BCUT2D eigenvalue weighted by molar-refractivity contribution is 0.0485. The number of fused-ring (bicyclic) bond motifs is 1. The number of aromatic amines is 1. The summed E-state index contributed by atoms with van der Waals surface area (Å²) >= 11 is 0. The standard InChI is InChI=1S/C23H30N6O3S/c1-28(22-19-9-12-25-21(19)26-16-27-22)18-7-5-17(6-8-18)14-33(31,32)29-13-10-23(30,15-29)20-4-2-3-11-24-20/h2-4,9,11-12,16-18,30H,5-8,10,13-15H2,1H3,(H,25,26,27)/t17-,18-,23-/m1/s1. The number of anilines is 1. The molecule has 0 amide bonds. The van der Waals surface area contributed by atoms with Gasteiger partial charge in [0.25, 0.3) is 0 Å². The highest BCUT2D eigenvalue weighted by molar-refractivity contribution is 7.89. The van der Waals surface area contributed by atoms with E-state index < -0.39 is 15.6 Å². The highest BCUT2D eigenvalue weighted by Gasteiger charge is 2.44. The normalized spacial score (nSPS) is 26.6. The molecule has 1 saturated carbocycles. The van der Waals surface area contributed by atoms with Crippen LogP contribution in [0.15, 0.2) is 43.0 Å². The maximum atomic E-state index is 13.1. The number of aromatic nitrogens is 4. The highest BCUT2D eigenvalue weighted by atomic mass is 32.2. The lowest BCUT2D eigenvalue weighted by Crippen LogP contribution is -2.40. The Hall–Kier alpha value is -2.56. The van der Waals surface area contributed by atoms with Gasteiger partial charge >= 0.3 is 0 Å². The highest BCUT2D eigenvalue weighted by Crippen LogP contribution is 2.35. The van der Waals surface area contributed by atoms with Crippen molar-refractivity contribution in [2.24, 2.45) is 5.92 Å². The van der Waals surface area contributed by atoms with Crippen LogP contribution in [-0.4, -0.2) is 69.7 Å². The first-order chi connectivity index (χ1) is 15.9. The Labute approximate surface area is 193 Å². The van der Waals surface area contributed by atoms with Gasteiger partial charge in [-0.25, -0.2) is 18.4 Å². The van der Waals surface area contributed by atoms with E-state index in [-0.39, 0.29) is 18.2 Å². The smallest absolute Gasteiger partial charge is 0.214 e. The van der Waals surface area contributed by atoms with E-state index in [2.05, 4.69) is 31.9 Å². The third kappa shape index (κ3) is 4.34. The van der Waals surface area contributed by atoms with Crippen LogP contribution in [0.2, 0.25) is 0 Å². The van der Waals surface area contributed by atoms with E-state index in [9.17, 15) is 13.5 Å². The fourth-order valence-corrected chi connectivity index (χ4v) is 7.18. The molecular formula is C23H30N6O3S. The first-order valence-corrected chi connectivity index (χ1v) is 13.1. The van der Waals surface area contributed by atoms with Crippen LogP contribution >= 0.6 is 0 Å². The first-order valence-electron chi connectivity index (χ1n) is 11.5. The lowest BCUT2D eigenvalue weighted by atomic mass is 9.86. The van der Waals surface area contributed by atoms with E-state index >= 15 is 0 Å². The van der Waals surface area contributed by atoms with Gasteiger partial charge in [-0.2, -0.15) is 4.31 Å². The molecule has 0 bridgehead atoms. The molecule has 0 aromatic carbocycles. The molecule has 9 nitrogen and oxygen atoms in total. The summed E-state index contributed by atoms with van der Waals surface area (Å²) in [6.45, 7) is 0.401. The predicted octanol–water partition coefficient (Wildman–Crippen LogP) is 2.27. The maximum absolute atomic E-state index is 13.1. The van der Waals surface area contributed by atoms with Crippen LogP contribution in [0.25, 0.3) is 11.0 Å². The molecule has 1 aliphatic heterocycles. The molecule has 1 saturated heterocycles. The minimum absolute atomic E-state index is 0.0742. The topological polar surface area (TPSA) is 115 Å². The molecule has 0 unspecified atom stereocenters. The summed E-state index contributed by atoms with van der Waals surface area (Å²) in [6, 6.07) is 7.66. The van der Waals surface area contributed by atoms with Crippen molar-refractivity contribution in [3.63, 3.8) is 0 Å². The van der Waals surface area contributed by atoms with E-state index in [1.807, 2.05) is 18.3 Å². The van der Waals surface area contributed by atoms with E-state index in [0.717, 1.165) is 42.5 Å². The van der Waals surface area contributed by atoms with E-state index in [0.29, 0.717) is 24.7 Å². The zero-order chi connectivity index (χ0) is 23.1. The fraction of sp³-hybridized carbons (Fsp3) is 0.522. The molecule has 1 atom stereocenters. The number of pyridine rings is 1. The molecule has 4 heterocycles. The number of rotatable bonds is 6. The van der Waals surface area contributed by atoms with Gasteiger partial charge < -0.3 is 15.0 Å². The van der Waals surface area contributed by atoms with Crippen molar-refractivity contribution in [3.8, 4) is 0 Å². The second-order valence-electron chi connectivity index (χ2n) is 9.33. The maximum Gasteiger partial charge on any atom is 0.214 e. The van der Waals surface area contributed by atoms with E-state index in [1.54, 1.807) is 24.7 Å². The van der Waals surface area contributed by atoms with Gasteiger partial charge in [0, 0.05) is 38.6 Å². The van der Waals surface area contributed by atoms with Gasteiger partial charge in [0.15, 0.2) is 0 Å². The van der Waals surface area contributed by atoms with Crippen LogP contribution in [0.5, 0.6) is 0 Å². The molecule has 2 fully saturated rings. The number of H-pyrrole nitrogens is 1. The second kappa shape index (κ2) is 8.66. The van der Waals surface area contributed by atoms with Crippen molar-refractivity contribution < 1.29 is 13.5 Å². The largest absolute Gasteiger partial charge is 0.382 e. The average Bonchev–Trinajstić information content (AvgIpc) is 3.47. The van der Waals surface area contributed by atoms with Crippen LogP contribution in [0.1, 0.15) is 37.8 Å². The number of nitrogens with zero attached hydrogens (tertiary/aromatic N) is 5. The van der Waals surface area contributed by atoms with Crippen LogP contribution < -0.4 is 4.90 Å². The lowest BCUT2D eigenvalue weighted by Gasteiger charge is -2.35. The molecule has 0 spiro atoms. The van der Waals surface area contributed by atoms with Crippen LogP contribution in [0, 0.1) is 5.92 Å². The zero-order valence-corrected chi connectivity index (χ0v) is 19.6. The Bertz CT molecular complexity index is 1210. The van der Waals surface area contributed by atoms with Gasteiger partial charge in [0.05, 0.1) is 16.8 Å². The zero-order valence-electron chi connectivity index (χ0n) is 18.8. The van der Waals surface area contributed by atoms with Gasteiger partial charge in [-0.1, -0.05) is 6.07 Å². The van der Waals surface area contributed by atoms with Crippen molar-refractivity contribution in [3.05, 3.63) is 48.7 Å². The van der Waals surface area contributed by atoms with Crippen molar-refractivity contribution in [2.45, 2.75) is 43.7 Å². The van der Waals surface area contributed by atoms with E-state index in [1.165, 1.54) is 4.31 Å². The van der Waals surface area contributed by atoms with E-state index in [4.69, 9.17) is 0 Å². The summed E-state index contributed by atoms with van der Waals surface area (Å²) in [4.78, 5) is 18.3. The quantitative estimate of drug-likeness (QED) is 0.568. The van der Waals surface area contributed by atoms with Crippen molar-refractivity contribution >= 4 is 26.9 Å². The summed E-state index contributed by atoms with van der Waals surface area (Å²) in [5.74, 6) is 1.17. The fourth-order valence-electron chi connectivity index (χ4n) is 5.26. The molecule has 10 heteroatoms. The Morgan fingerprint density at radius 1 is 1.18 bits per heavy atom. The van der Waals surface area contributed by atoms with Crippen LogP contribution in [0.4, 0.5) is 5.82 Å². The summed E-state index contributed by atoms with van der Waals surface area (Å²) in [6.07, 6.45) is 8.99. The average molecular weight is 471 g/mol. The summed E-state index contributed by atoms with van der Waals surface area (Å²) < 4.78 is 27.7. The number of sulfonamides is 1. The summed E-state index contributed by atoms with van der Waals surface area (Å²) in [7, 11) is -1.39. The van der Waals surface area contributed by atoms with Crippen molar-refractivity contribution in [1.29, 1.82) is 0 Å². The predicted molar refractivity (Wildman–Crippen MR) is 126 cm³/mol. The molecule has 176 valence electrons. The van der Waals surface area contributed by atoms with Crippen molar-refractivity contribution in [1.82, 2.24) is 24.2 Å². The molecular weight excluding hydrogens is 440 g/mol.